The van der Waals surface area contributed by atoms with Gasteiger partial charge in [-0.25, -0.2) is 0 Å². The molecule has 1 aliphatic rings. The average Bonchev–Trinajstić information content (AvgIpc) is 2.64. The quantitative estimate of drug-likeness (QED) is 0.587. The summed E-state index contributed by atoms with van der Waals surface area (Å²) in [5.74, 6) is 3.08. The van der Waals surface area contributed by atoms with Gasteiger partial charge in [0.1, 0.15) is 0 Å². The number of terminal acetylenes is 1. The summed E-state index contributed by atoms with van der Waals surface area (Å²) in [7, 11) is 0. The third-order valence-corrected chi connectivity index (χ3v) is 2.23. The Morgan fingerprint density at radius 1 is 1.70 bits per heavy atom. The molecule has 0 aromatic heterocycles. The van der Waals surface area contributed by atoms with E-state index in [9.17, 15) is 5.11 Å². The number of hydrogen-bond donors (Lipinski definition) is 1. The van der Waals surface area contributed by atoms with E-state index < -0.39 is 5.60 Å². The molecular weight excluding hydrogens is 124 g/mol. The maximum atomic E-state index is 9.69. The molecule has 0 aliphatic heterocycles. The van der Waals surface area contributed by atoms with Gasteiger partial charge >= 0.3 is 0 Å². The molecule has 0 aromatic rings. The first kappa shape index (κ1) is 7.63. The lowest BCUT2D eigenvalue weighted by atomic mass is 9.95. The van der Waals surface area contributed by atoms with E-state index in [4.69, 9.17) is 6.42 Å². The van der Waals surface area contributed by atoms with Crippen LogP contribution in [0.15, 0.2) is 0 Å². The van der Waals surface area contributed by atoms with Crippen molar-refractivity contribution in [1.82, 2.24) is 0 Å². The van der Waals surface area contributed by atoms with Crippen molar-refractivity contribution in [2.75, 3.05) is 0 Å². The molecule has 0 radical (unpaired) electrons. The van der Waals surface area contributed by atoms with Gasteiger partial charge in [-0.1, -0.05) is 0 Å². The minimum atomic E-state index is -0.480. The van der Waals surface area contributed by atoms with E-state index in [1.807, 2.05) is 6.92 Å². The maximum Gasteiger partial charge on any atom is 0.0656 e. The summed E-state index contributed by atoms with van der Waals surface area (Å²) < 4.78 is 0. The van der Waals surface area contributed by atoms with Gasteiger partial charge < -0.3 is 5.11 Å². The molecule has 1 N–H and O–H groups in total. The molecule has 1 atom stereocenters. The van der Waals surface area contributed by atoms with Crippen molar-refractivity contribution < 1.29 is 5.11 Å². The van der Waals surface area contributed by atoms with Crippen LogP contribution in [0.5, 0.6) is 0 Å². The molecular formula is C9H14O. The second kappa shape index (κ2) is 2.64. The zero-order chi connectivity index (χ0) is 7.61. The number of hydrogen-bond acceptors (Lipinski definition) is 1. The highest BCUT2D eigenvalue weighted by molar-refractivity contribution is 4.95. The van der Waals surface area contributed by atoms with Crippen molar-refractivity contribution in [2.45, 2.75) is 38.2 Å². The fourth-order valence-corrected chi connectivity index (χ4v) is 1.23. The van der Waals surface area contributed by atoms with Gasteiger partial charge in [0.2, 0.25) is 0 Å². The molecule has 0 spiro atoms. The lowest BCUT2D eigenvalue weighted by Crippen LogP contribution is -2.26. The molecule has 0 bridgehead atoms. The van der Waals surface area contributed by atoms with Crippen molar-refractivity contribution in [3.8, 4) is 12.3 Å². The first-order valence-electron chi connectivity index (χ1n) is 3.82. The Bertz CT molecular complexity index is 149. The number of rotatable bonds is 3. The summed E-state index contributed by atoms with van der Waals surface area (Å²) in [5.41, 5.74) is -0.480. The van der Waals surface area contributed by atoms with Crippen molar-refractivity contribution in [2.24, 2.45) is 5.92 Å². The van der Waals surface area contributed by atoms with E-state index in [0.29, 0.717) is 12.3 Å². The van der Waals surface area contributed by atoms with Gasteiger partial charge in [-0.3, -0.25) is 0 Å². The van der Waals surface area contributed by atoms with Crippen molar-refractivity contribution in [3.63, 3.8) is 0 Å². The Balaban J connectivity index is 2.29. The van der Waals surface area contributed by atoms with Gasteiger partial charge in [0, 0.05) is 6.42 Å². The highest BCUT2D eigenvalue weighted by Gasteiger charge is 2.38. The molecule has 0 aromatic carbocycles. The lowest BCUT2D eigenvalue weighted by Gasteiger charge is -2.21. The Morgan fingerprint density at radius 3 is 2.70 bits per heavy atom. The van der Waals surface area contributed by atoms with Crippen LogP contribution >= 0.6 is 0 Å². The van der Waals surface area contributed by atoms with Crippen LogP contribution in [0.1, 0.15) is 32.6 Å². The van der Waals surface area contributed by atoms with Crippen molar-refractivity contribution in [3.05, 3.63) is 0 Å². The van der Waals surface area contributed by atoms with Crippen molar-refractivity contribution >= 4 is 0 Å². The maximum absolute atomic E-state index is 9.69. The average molecular weight is 138 g/mol. The minimum Gasteiger partial charge on any atom is -0.390 e. The van der Waals surface area contributed by atoms with Crippen LogP contribution in [0.25, 0.3) is 0 Å². The molecule has 1 nitrogen and oxygen atoms in total. The van der Waals surface area contributed by atoms with Gasteiger partial charge in [0.25, 0.3) is 0 Å². The van der Waals surface area contributed by atoms with Crippen LogP contribution in [0, 0.1) is 18.3 Å². The van der Waals surface area contributed by atoms with Gasteiger partial charge in [0.15, 0.2) is 0 Å². The summed E-state index contributed by atoms with van der Waals surface area (Å²) in [6.07, 6.45) is 8.91. The lowest BCUT2D eigenvalue weighted by molar-refractivity contribution is 0.0296. The summed E-state index contributed by atoms with van der Waals surface area (Å²) in [6.45, 7) is 1.89. The van der Waals surface area contributed by atoms with Crippen LogP contribution < -0.4 is 0 Å². The minimum absolute atomic E-state index is 0.480. The highest BCUT2D eigenvalue weighted by Crippen LogP contribution is 2.41. The summed E-state index contributed by atoms with van der Waals surface area (Å²) >= 11 is 0. The second-order valence-corrected chi connectivity index (χ2v) is 3.34. The third-order valence-electron chi connectivity index (χ3n) is 2.23. The van der Waals surface area contributed by atoms with E-state index in [1.54, 1.807) is 0 Å². The first-order valence-corrected chi connectivity index (χ1v) is 3.82. The Morgan fingerprint density at radius 2 is 2.30 bits per heavy atom. The van der Waals surface area contributed by atoms with Crippen LogP contribution in [0.4, 0.5) is 0 Å². The van der Waals surface area contributed by atoms with E-state index in [-0.39, 0.29) is 0 Å². The molecule has 1 rings (SSSR count). The molecule has 0 saturated heterocycles. The first-order chi connectivity index (χ1) is 4.67. The van der Waals surface area contributed by atoms with Gasteiger partial charge in [0.05, 0.1) is 5.60 Å². The second-order valence-electron chi connectivity index (χ2n) is 3.34. The zero-order valence-corrected chi connectivity index (χ0v) is 6.43. The van der Waals surface area contributed by atoms with Crippen LogP contribution in [0.3, 0.4) is 0 Å². The summed E-state index contributed by atoms with van der Waals surface area (Å²) in [4.78, 5) is 0. The van der Waals surface area contributed by atoms with E-state index >= 15 is 0 Å². The molecule has 1 fully saturated rings. The SMILES string of the molecule is C#CCCC(C)(O)C1CC1. The molecule has 1 heteroatoms. The molecule has 1 saturated carbocycles. The molecule has 10 heavy (non-hydrogen) atoms. The van der Waals surface area contributed by atoms with Crippen LogP contribution in [-0.4, -0.2) is 10.7 Å². The normalized spacial score (nSPS) is 23.3. The molecule has 0 amide bonds. The smallest absolute Gasteiger partial charge is 0.0656 e. The predicted molar refractivity (Wildman–Crippen MR) is 41.4 cm³/mol. The van der Waals surface area contributed by atoms with Crippen molar-refractivity contribution in [1.29, 1.82) is 0 Å². The largest absolute Gasteiger partial charge is 0.390 e. The van der Waals surface area contributed by atoms with Crippen LogP contribution in [-0.2, 0) is 0 Å². The Labute approximate surface area is 62.4 Å². The molecule has 0 heterocycles. The third kappa shape index (κ3) is 1.75. The fraction of sp³-hybridized carbons (Fsp3) is 0.778. The van der Waals surface area contributed by atoms with E-state index in [0.717, 1.165) is 6.42 Å². The van der Waals surface area contributed by atoms with Gasteiger partial charge in [-0.15, -0.1) is 12.3 Å². The Hall–Kier alpha value is -0.480. The van der Waals surface area contributed by atoms with Gasteiger partial charge in [-0.05, 0) is 32.1 Å². The topological polar surface area (TPSA) is 20.2 Å². The standard InChI is InChI=1S/C9H14O/c1-3-4-7-9(2,10)8-5-6-8/h1,8,10H,4-7H2,2H3. The van der Waals surface area contributed by atoms with E-state index in [1.165, 1.54) is 12.8 Å². The fourth-order valence-electron chi connectivity index (χ4n) is 1.23. The van der Waals surface area contributed by atoms with Gasteiger partial charge in [-0.2, -0.15) is 0 Å². The summed E-state index contributed by atoms with van der Waals surface area (Å²) in [5, 5.41) is 9.69. The zero-order valence-electron chi connectivity index (χ0n) is 6.43. The predicted octanol–water partition coefficient (Wildman–Crippen LogP) is 1.56. The van der Waals surface area contributed by atoms with E-state index in [2.05, 4.69) is 5.92 Å². The van der Waals surface area contributed by atoms with Crippen LogP contribution in [0.2, 0.25) is 0 Å². The molecule has 1 aliphatic carbocycles. The number of aliphatic hydroxyl groups is 1. The monoisotopic (exact) mass is 138 g/mol. The highest BCUT2D eigenvalue weighted by atomic mass is 16.3. The molecule has 56 valence electrons. The summed E-state index contributed by atoms with van der Waals surface area (Å²) in [6, 6.07) is 0. The molecule has 1 unspecified atom stereocenters. The Kier molecular flexibility index (Phi) is 2.01.